The number of carbonyl (C=O) groups excluding carboxylic acids is 1. The molecule has 1 unspecified atom stereocenters. The zero-order valence-electron chi connectivity index (χ0n) is 21.9. The topological polar surface area (TPSA) is 77.2 Å². The molecule has 0 spiro atoms. The summed E-state index contributed by atoms with van der Waals surface area (Å²) in [5.74, 6) is 0.0907. The summed E-state index contributed by atoms with van der Waals surface area (Å²) in [7, 11) is 1.61. The Balaban J connectivity index is 1.55. The second-order valence-corrected chi connectivity index (χ2v) is 10.5. The number of amides is 1. The predicted octanol–water partition coefficient (Wildman–Crippen LogP) is 3.32. The van der Waals surface area contributed by atoms with E-state index in [1.54, 1.807) is 20.0 Å². The van der Waals surface area contributed by atoms with Gasteiger partial charge in [0, 0.05) is 87.5 Å². The highest BCUT2D eigenvalue weighted by Crippen LogP contribution is 2.42. The largest absolute Gasteiger partial charge is 0.404 e. The second kappa shape index (κ2) is 10.8. The first kappa shape index (κ1) is 25.7. The zero-order chi connectivity index (χ0) is 26.1. The molecule has 0 saturated carbocycles. The molecule has 1 aromatic rings. The van der Waals surface area contributed by atoms with E-state index in [2.05, 4.69) is 20.1 Å². The van der Waals surface area contributed by atoms with E-state index < -0.39 is 6.43 Å². The average molecular weight is 513 g/mol. The molecule has 0 aromatic heterocycles. The first-order chi connectivity index (χ1) is 17.9. The smallest absolute Gasteiger partial charge is 0.264 e. The van der Waals surface area contributed by atoms with Crippen molar-refractivity contribution >= 4 is 23.4 Å². The number of fused-ring (bicyclic) bond motifs is 1. The molecule has 37 heavy (non-hydrogen) atoms. The summed E-state index contributed by atoms with van der Waals surface area (Å²) in [4.78, 5) is 23.2. The zero-order valence-corrected chi connectivity index (χ0v) is 21.9. The minimum absolute atomic E-state index is 0.0151. The lowest BCUT2D eigenvalue weighted by Gasteiger charge is -2.40. The number of benzene rings is 1. The fourth-order valence-corrected chi connectivity index (χ4v) is 6.63. The van der Waals surface area contributed by atoms with Crippen molar-refractivity contribution in [1.82, 2.24) is 15.1 Å². The summed E-state index contributed by atoms with van der Waals surface area (Å²) in [5.41, 5.74) is 11.4. The van der Waals surface area contributed by atoms with Crippen molar-refractivity contribution in [1.29, 1.82) is 0 Å². The SMILES string of the molecule is CN=CC(=CN)c1cc2c(cc1C(F)F)N(C1CN(C3CCNCC3)C3=C1CN(C(C)=O)CC3)CCC2. The van der Waals surface area contributed by atoms with Crippen LogP contribution in [0.3, 0.4) is 0 Å². The van der Waals surface area contributed by atoms with Gasteiger partial charge in [-0.2, -0.15) is 0 Å². The Morgan fingerprint density at radius 1 is 1.19 bits per heavy atom. The van der Waals surface area contributed by atoms with Crippen molar-refractivity contribution < 1.29 is 13.6 Å². The highest BCUT2D eigenvalue weighted by atomic mass is 19.3. The lowest BCUT2D eigenvalue weighted by molar-refractivity contribution is -0.128. The molecule has 3 N–H and O–H groups in total. The summed E-state index contributed by atoms with van der Waals surface area (Å²) >= 11 is 0. The lowest BCUT2D eigenvalue weighted by atomic mass is 9.90. The Labute approximate surface area is 218 Å². The number of hydrogen-bond acceptors (Lipinski definition) is 6. The van der Waals surface area contributed by atoms with Gasteiger partial charge in [0.2, 0.25) is 5.91 Å². The number of alkyl halides is 2. The molecule has 9 heteroatoms. The molecule has 0 radical (unpaired) electrons. The molecule has 7 nitrogen and oxygen atoms in total. The molecule has 1 saturated heterocycles. The highest BCUT2D eigenvalue weighted by Gasteiger charge is 2.42. The number of rotatable bonds is 5. The fraction of sp³-hybridized carbons (Fsp3) is 0.571. The maximum Gasteiger partial charge on any atom is 0.264 e. The van der Waals surface area contributed by atoms with Crippen LogP contribution in [0.1, 0.15) is 55.7 Å². The van der Waals surface area contributed by atoms with Gasteiger partial charge in [0.15, 0.2) is 0 Å². The average Bonchev–Trinajstić information content (AvgIpc) is 3.29. The van der Waals surface area contributed by atoms with Gasteiger partial charge in [-0.3, -0.25) is 9.79 Å². The molecule has 0 aliphatic carbocycles. The fourth-order valence-electron chi connectivity index (χ4n) is 6.63. The molecule has 4 aliphatic heterocycles. The summed E-state index contributed by atoms with van der Waals surface area (Å²) in [6.45, 7) is 6.68. The molecule has 4 heterocycles. The Morgan fingerprint density at radius 2 is 1.97 bits per heavy atom. The summed E-state index contributed by atoms with van der Waals surface area (Å²) in [6.07, 6.45) is 5.11. The van der Waals surface area contributed by atoms with Crippen LogP contribution >= 0.6 is 0 Å². The molecule has 0 bridgehead atoms. The first-order valence-electron chi connectivity index (χ1n) is 13.4. The predicted molar refractivity (Wildman–Crippen MR) is 144 cm³/mol. The van der Waals surface area contributed by atoms with Crippen molar-refractivity contribution in [3.8, 4) is 0 Å². The molecule has 4 aliphatic rings. The van der Waals surface area contributed by atoms with Crippen molar-refractivity contribution in [3.63, 3.8) is 0 Å². The van der Waals surface area contributed by atoms with E-state index in [0.717, 1.165) is 76.1 Å². The van der Waals surface area contributed by atoms with Crippen LogP contribution in [0.2, 0.25) is 0 Å². The van der Waals surface area contributed by atoms with E-state index >= 15 is 0 Å². The number of carbonyl (C=O) groups is 1. The lowest BCUT2D eigenvalue weighted by Crippen LogP contribution is -2.47. The number of allylic oxidation sites excluding steroid dienone is 1. The number of piperidine rings is 1. The number of nitrogens with one attached hydrogen (secondary N) is 1. The molecule has 1 aromatic carbocycles. The normalized spacial score (nSPS) is 23.3. The van der Waals surface area contributed by atoms with Gasteiger partial charge in [0.1, 0.15) is 0 Å². The van der Waals surface area contributed by atoms with Crippen LogP contribution in [0.5, 0.6) is 0 Å². The maximum absolute atomic E-state index is 14.4. The number of hydrogen-bond donors (Lipinski definition) is 2. The van der Waals surface area contributed by atoms with Crippen molar-refractivity contribution in [2.75, 3.05) is 51.2 Å². The van der Waals surface area contributed by atoms with Crippen LogP contribution in [0, 0.1) is 0 Å². The number of halogens is 2. The standard InChI is InChI=1S/C28H38F2N6O/c1-18(37)34-11-7-25-24(16-34)27(17-36(25)21-5-8-33-9-6-21)35-10-3-4-19-12-22(20(14-31)15-32-2)23(28(29)30)13-26(19)35/h12-15,21,27-28,33H,3-11,16-17,31H2,1-2H3. The van der Waals surface area contributed by atoms with E-state index in [1.807, 2.05) is 11.0 Å². The van der Waals surface area contributed by atoms with Crippen molar-refractivity contribution in [3.05, 3.63) is 46.3 Å². The van der Waals surface area contributed by atoms with Gasteiger partial charge in [0.25, 0.3) is 6.43 Å². The Bertz CT molecular complexity index is 1120. The number of aryl methyl sites for hydroxylation is 1. The number of aliphatic imine (C=N–C) groups is 1. The Kier molecular flexibility index (Phi) is 7.51. The minimum Gasteiger partial charge on any atom is -0.404 e. The van der Waals surface area contributed by atoms with E-state index in [9.17, 15) is 13.6 Å². The molecule has 5 rings (SSSR count). The third-order valence-corrected chi connectivity index (χ3v) is 8.44. The highest BCUT2D eigenvalue weighted by molar-refractivity contribution is 6.10. The Hall–Kier alpha value is -2.94. The van der Waals surface area contributed by atoms with Gasteiger partial charge in [-0.25, -0.2) is 8.78 Å². The van der Waals surface area contributed by atoms with Gasteiger partial charge >= 0.3 is 0 Å². The quantitative estimate of drug-likeness (QED) is 0.592. The number of nitrogens with zero attached hydrogens (tertiary/aromatic N) is 4. The summed E-state index contributed by atoms with van der Waals surface area (Å²) < 4.78 is 28.7. The second-order valence-electron chi connectivity index (χ2n) is 10.5. The summed E-state index contributed by atoms with van der Waals surface area (Å²) in [6, 6.07) is 4.12. The minimum atomic E-state index is -2.63. The first-order valence-corrected chi connectivity index (χ1v) is 13.4. The van der Waals surface area contributed by atoms with Gasteiger partial charge in [-0.1, -0.05) is 0 Å². The third kappa shape index (κ3) is 4.85. The van der Waals surface area contributed by atoms with E-state index in [0.29, 0.717) is 23.7 Å². The van der Waals surface area contributed by atoms with Crippen LogP contribution in [0.25, 0.3) is 5.57 Å². The van der Waals surface area contributed by atoms with Crippen LogP contribution in [0.15, 0.2) is 34.6 Å². The van der Waals surface area contributed by atoms with Crippen LogP contribution in [-0.2, 0) is 11.2 Å². The molecule has 200 valence electrons. The monoisotopic (exact) mass is 512 g/mol. The van der Waals surface area contributed by atoms with Crippen molar-refractivity contribution in [2.24, 2.45) is 10.7 Å². The van der Waals surface area contributed by atoms with Gasteiger partial charge < -0.3 is 25.8 Å². The Morgan fingerprint density at radius 3 is 2.65 bits per heavy atom. The molecule has 1 amide bonds. The van der Waals surface area contributed by atoms with Gasteiger partial charge in [0.05, 0.1) is 6.04 Å². The number of anilines is 1. The van der Waals surface area contributed by atoms with Crippen LogP contribution in [-0.4, -0.2) is 80.3 Å². The van der Waals surface area contributed by atoms with E-state index in [4.69, 9.17) is 5.73 Å². The van der Waals surface area contributed by atoms with Crippen LogP contribution in [0.4, 0.5) is 14.5 Å². The molecule has 1 fully saturated rings. The molecule has 1 atom stereocenters. The van der Waals surface area contributed by atoms with Gasteiger partial charge in [-0.05, 0) is 67.6 Å². The number of nitrogens with two attached hydrogens (primary N) is 1. The van der Waals surface area contributed by atoms with Crippen LogP contribution < -0.4 is 16.0 Å². The molecular formula is C28H38F2N6O. The van der Waals surface area contributed by atoms with E-state index in [-0.39, 0.29) is 17.5 Å². The van der Waals surface area contributed by atoms with Gasteiger partial charge in [-0.15, -0.1) is 0 Å². The maximum atomic E-state index is 14.4. The molecular weight excluding hydrogens is 474 g/mol. The third-order valence-electron chi connectivity index (χ3n) is 8.44. The summed E-state index contributed by atoms with van der Waals surface area (Å²) in [5, 5.41) is 3.46. The van der Waals surface area contributed by atoms with E-state index in [1.165, 1.54) is 23.7 Å². The van der Waals surface area contributed by atoms with Crippen molar-refractivity contribution in [2.45, 2.75) is 57.5 Å².